The molecule has 2 heterocycles. The highest BCUT2D eigenvalue weighted by molar-refractivity contribution is 5.75. The SMILES string of the molecule is COc1nc(O)nc2nc[nH]c12. The van der Waals surface area contributed by atoms with Crippen molar-refractivity contribution in [1.29, 1.82) is 0 Å². The molecule has 0 aromatic carbocycles. The number of imidazole rings is 1. The van der Waals surface area contributed by atoms with E-state index in [0.717, 1.165) is 0 Å². The Morgan fingerprint density at radius 1 is 1.50 bits per heavy atom. The smallest absolute Gasteiger partial charge is 0.319 e. The summed E-state index contributed by atoms with van der Waals surface area (Å²) < 4.78 is 4.88. The lowest BCUT2D eigenvalue weighted by molar-refractivity contribution is 0.377. The molecule has 62 valence electrons. The predicted octanol–water partition coefficient (Wildman–Crippen LogP) is 0.0671. The summed E-state index contributed by atoms with van der Waals surface area (Å²) in [4.78, 5) is 13.9. The second kappa shape index (κ2) is 2.33. The van der Waals surface area contributed by atoms with E-state index in [9.17, 15) is 0 Å². The molecule has 0 aliphatic heterocycles. The molecule has 0 aliphatic carbocycles. The van der Waals surface area contributed by atoms with Crippen LogP contribution in [0.2, 0.25) is 0 Å². The van der Waals surface area contributed by atoms with Gasteiger partial charge in [-0.1, -0.05) is 0 Å². The first-order valence-corrected chi connectivity index (χ1v) is 3.25. The van der Waals surface area contributed by atoms with Crippen LogP contribution in [-0.2, 0) is 0 Å². The van der Waals surface area contributed by atoms with Crippen molar-refractivity contribution in [3.05, 3.63) is 6.33 Å². The van der Waals surface area contributed by atoms with Gasteiger partial charge < -0.3 is 14.8 Å². The van der Waals surface area contributed by atoms with Crippen molar-refractivity contribution >= 4 is 11.2 Å². The number of ether oxygens (including phenoxy) is 1. The summed E-state index contributed by atoms with van der Waals surface area (Å²) in [5.74, 6) is 0.287. The van der Waals surface area contributed by atoms with Crippen LogP contribution >= 0.6 is 0 Å². The molecule has 6 nitrogen and oxygen atoms in total. The zero-order valence-corrected chi connectivity index (χ0v) is 6.27. The number of aromatic nitrogens is 4. The third-order valence-corrected chi connectivity index (χ3v) is 1.43. The maximum absolute atomic E-state index is 9.00. The summed E-state index contributed by atoms with van der Waals surface area (Å²) in [5.41, 5.74) is 0.967. The van der Waals surface area contributed by atoms with Gasteiger partial charge >= 0.3 is 6.01 Å². The number of H-pyrrole nitrogens is 1. The first-order chi connectivity index (χ1) is 5.81. The molecule has 2 N–H and O–H groups in total. The van der Waals surface area contributed by atoms with Crippen LogP contribution in [0.4, 0.5) is 0 Å². The first kappa shape index (κ1) is 6.84. The van der Waals surface area contributed by atoms with Crippen molar-refractivity contribution < 1.29 is 9.84 Å². The van der Waals surface area contributed by atoms with Crippen LogP contribution in [0, 0.1) is 0 Å². The number of methoxy groups -OCH3 is 1. The zero-order valence-electron chi connectivity index (χ0n) is 6.27. The van der Waals surface area contributed by atoms with Crippen molar-refractivity contribution in [3.63, 3.8) is 0 Å². The van der Waals surface area contributed by atoms with Crippen molar-refractivity contribution in [1.82, 2.24) is 19.9 Å². The summed E-state index contributed by atoms with van der Waals surface area (Å²) in [7, 11) is 1.46. The topological polar surface area (TPSA) is 83.9 Å². The van der Waals surface area contributed by atoms with Gasteiger partial charge in [0.15, 0.2) is 5.65 Å². The van der Waals surface area contributed by atoms with Crippen LogP contribution in [-0.4, -0.2) is 32.2 Å². The maximum Gasteiger partial charge on any atom is 0.319 e. The lowest BCUT2D eigenvalue weighted by Crippen LogP contribution is -1.91. The Kier molecular flexibility index (Phi) is 1.33. The Hall–Kier alpha value is -1.85. The van der Waals surface area contributed by atoms with Gasteiger partial charge in [-0.25, -0.2) is 4.98 Å². The number of aromatic hydroxyl groups is 1. The van der Waals surface area contributed by atoms with Gasteiger partial charge in [-0.2, -0.15) is 9.97 Å². The quantitative estimate of drug-likeness (QED) is 0.626. The van der Waals surface area contributed by atoms with Crippen molar-refractivity contribution in [3.8, 4) is 11.9 Å². The largest absolute Gasteiger partial charge is 0.479 e. The Bertz CT molecular complexity index is 411. The number of nitrogens with zero attached hydrogens (tertiary/aromatic N) is 3. The fraction of sp³-hybridized carbons (Fsp3) is 0.167. The normalized spacial score (nSPS) is 10.4. The van der Waals surface area contributed by atoms with Crippen LogP contribution in [0.3, 0.4) is 0 Å². The average molecular weight is 166 g/mol. The van der Waals surface area contributed by atoms with Gasteiger partial charge in [0.1, 0.15) is 5.52 Å². The molecule has 0 bridgehead atoms. The number of rotatable bonds is 1. The number of fused-ring (bicyclic) bond motifs is 1. The first-order valence-electron chi connectivity index (χ1n) is 3.25. The Morgan fingerprint density at radius 3 is 3.08 bits per heavy atom. The van der Waals surface area contributed by atoms with Gasteiger partial charge in [-0.3, -0.25) is 0 Å². The average Bonchev–Trinajstić information content (AvgIpc) is 2.50. The van der Waals surface area contributed by atoms with E-state index >= 15 is 0 Å². The van der Waals surface area contributed by atoms with E-state index < -0.39 is 0 Å². The Labute approximate surface area is 67.3 Å². The van der Waals surface area contributed by atoms with Crippen LogP contribution in [0.25, 0.3) is 11.2 Å². The Morgan fingerprint density at radius 2 is 2.33 bits per heavy atom. The molecule has 0 fully saturated rings. The zero-order chi connectivity index (χ0) is 8.55. The molecule has 2 aromatic rings. The monoisotopic (exact) mass is 166 g/mol. The van der Waals surface area contributed by atoms with Crippen molar-refractivity contribution in [2.24, 2.45) is 0 Å². The third kappa shape index (κ3) is 0.849. The summed E-state index contributed by atoms with van der Waals surface area (Å²) in [6, 6.07) is -0.341. The summed E-state index contributed by atoms with van der Waals surface area (Å²) >= 11 is 0. The van der Waals surface area contributed by atoms with E-state index in [-0.39, 0.29) is 11.9 Å². The van der Waals surface area contributed by atoms with Gasteiger partial charge in [0.2, 0.25) is 5.88 Å². The van der Waals surface area contributed by atoms with Crippen LogP contribution in [0.5, 0.6) is 11.9 Å². The molecule has 6 heteroatoms. The molecule has 0 radical (unpaired) electrons. The van der Waals surface area contributed by atoms with Gasteiger partial charge in [0.05, 0.1) is 13.4 Å². The summed E-state index contributed by atoms with van der Waals surface area (Å²) in [6.07, 6.45) is 1.46. The minimum absolute atomic E-state index is 0.287. The fourth-order valence-electron chi connectivity index (χ4n) is 0.943. The van der Waals surface area contributed by atoms with E-state index in [0.29, 0.717) is 11.2 Å². The molecule has 0 spiro atoms. The van der Waals surface area contributed by atoms with Gasteiger partial charge in [-0.15, -0.1) is 0 Å². The minimum Gasteiger partial charge on any atom is -0.479 e. The summed E-state index contributed by atoms with van der Waals surface area (Å²) in [6.45, 7) is 0. The number of nitrogens with one attached hydrogen (secondary N) is 1. The molecule has 0 saturated heterocycles. The van der Waals surface area contributed by atoms with Gasteiger partial charge in [0, 0.05) is 0 Å². The van der Waals surface area contributed by atoms with Gasteiger partial charge in [-0.05, 0) is 0 Å². The van der Waals surface area contributed by atoms with Gasteiger partial charge in [0.25, 0.3) is 0 Å². The molecule has 2 rings (SSSR count). The lowest BCUT2D eigenvalue weighted by Gasteiger charge is -1.98. The third-order valence-electron chi connectivity index (χ3n) is 1.43. The van der Waals surface area contributed by atoms with E-state index in [1.165, 1.54) is 13.4 Å². The van der Waals surface area contributed by atoms with E-state index in [4.69, 9.17) is 9.84 Å². The standard InChI is InChI=1S/C6H6N4O2/c1-12-5-3-4(8-2-7-3)9-6(11)10-5/h2H,1H3,(H2,7,8,9,10,11). The van der Waals surface area contributed by atoms with Crippen LogP contribution < -0.4 is 4.74 Å². The van der Waals surface area contributed by atoms with Crippen molar-refractivity contribution in [2.75, 3.05) is 7.11 Å². The molecule has 0 aliphatic rings. The minimum atomic E-state index is -0.341. The molecule has 0 saturated carbocycles. The van der Waals surface area contributed by atoms with E-state index in [2.05, 4.69) is 19.9 Å². The highest BCUT2D eigenvalue weighted by Gasteiger charge is 2.08. The van der Waals surface area contributed by atoms with E-state index in [1.54, 1.807) is 0 Å². The second-order valence-corrected chi connectivity index (χ2v) is 2.13. The number of hydrogen-bond acceptors (Lipinski definition) is 5. The molecule has 2 aromatic heterocycles. The van der Waals surface area contributed by atoms with Crippen molar-refractivity contribution in [2.45, 2.75) is 0 Å². The molecule has 0 unspecified atom stereocenters. The Balaban J connectivity index is 2.80. The molecular formula is C6H6N4O2. The van der Waals surface area contributed by atoms with E-state index in [1.807, 2.05) is 0 Å². The molecule has 12 heavy (non-hydrogen) atoms. The number of aromatic amines is 1. The molecule has 0 amide bonds. The number of hydrogen-bond donors (Lipinski definition) is 2. The second-order valence-electron chi connectivity index (χ2n) is 2.13. The highest BCUT2D eigenvalue weighted by atomic mass is 16.5. The molecule has 0 atom stereocenters. The fourth-order valence-corrected chi connectivity index (χ4v) is 0.943. The van der Waals surface area contributed by atoms with Crippen LogP contribution in [0.1, 0.15) is 0 Å². The highest BCUT2D eigenvalue weighted by Crippen LogP contribution is 2.19. The predicted molar refractivity (Wildman–Crippen MR) is 39.9 cm³/mol. The van der Waals surface area contributed by atoms with Crippen LogP contribution in [0.15, 0.2) is 6.33 Å². The summed E-state index contributed by atoms with van der Waals surface area (Å²) in [5, 5.41) is 9.00. The maximum atomic E-state index is 9.00. The molecular weight excluding hydrogens is 160 g/mol. The lowest BCUT2D eigenvalue weighted by atomic mass is 10.5.